The van der Waals surface area contributed by atoms with E-state index in [1.807, 2.05) is 0 Å². The van der Waals surface area contributed by atoms with E-state index in [9.17, 15) is 4.79 Å². The summed E-state index contributed by atoms with van der Waals surface area (Å²) in [5, 5.41) is 0. The molecule has 0 spiro atoms. The number of carbonyl (C=O) groups excluding carboxylic acids is 1. The van der Waals surface area contributed by atoms with E-state index >= 15 is 0 Å². The molecular formula is C7H11NO2. The van der Waals surface area contributed by atoms with Gasteiger partial charge in [0.2, 0.25) is 0 Å². The van der Waals surface area contributed by atoms with E-state index in [0.29, 0.717) is 12.4 Å². The van der Waals surface area contributed by atoms with Gasteiger partial charge in [0, 0.05) is 19.5 Å². The lowest BCUT2D eigenvalue weighted by atomic mass is 10.2. The standard InChI is InChI=1S/C7H11NO2/c9-7-1-2-8-3-4-10-5-6(7)8/h6H,1-5H2. The molecule has 3 heteroatoms. The van der Waals surface area contributed by atoms with Gasteiger partial charge < -0.3 is 4.74 Å². The molecule has 0 N–H and O–H groups in total. The first-order valence-corrected chi connectivity index (χ1v) is 3.72. The zero-order valence-electron chi connectivity index (χ0n) is 5.88. The molecule has 2 aliphatic heterocycles. The van der Waals surface area contributed by atoms with Crippen molar-refractivity contribution >= 4 is 5.78 Å². The summed E-state index contributed by atoms with van der Waals surface area (Å²) < 4.78 is 5.19. The zero-order chi connectivity index (χ0) is 6.97. The summed E-state index contributed by atoms with van der Waals surface area (Å²) >= 11 is 0. The summed E-state index contributed by atoms with van der Waals surface area (Å²) in [5.74, 6) is 0.361. The average Bonchev–Trinajstić information content (AvgIpc) is 2.34. The molecule has 0 bridgehead atoms. The number of fused-ring (bicyclic) bond motifs is 1. The van der Waals surface area contributed by atoms with Crippen LogP contribution in [0, 0.1) is 0 Å². The average molecular weight is 141 g/mol. The fourth-order valence-electron chi connectivity index (χ4n) is 1.62. The molecule has 1 unspecified atom stereocenters. The first-order chi connectivity index (χ1) is 4.88. The summed E-state index contributed by atoms with van der Waals surface area (Å²) in [4.78, 5) is 13.3. The normalized spacial score (nSPS) is 34.4. The van der Waals surface area contributed by atoms with Gasteiger partial charge >= 0.3 is 0 Å². The molecule has 1 atom stereocenters. The second-order valence-corrected chi connectivity index (χ2v) is 2.84. The van der Waals surface area contributed by atoms with E-state index in [1.54, 1.807) is 0 Å². The Morgan fingerprint density at radius 2 is 2.40 bits per heavy atom. The van der Waals surface area contributed by atoms with Crippen molar-refractivity contribution in [2.75, 3.05) is 26.3 Å². The molecule has 56 valence electrons. The lowest BCUT2D eigenvalue weighted by molar-refractivity contribution is -0.123. The lowest BCUT2D eigenvalue weighted by Crippen LogP contribution is -2.43. The van der Waals surface area contributed by atoms with Gasteiger partial charge in [0.1, 0.15) is 0 Å². The molecule has 0 saturated carbocycles. The summed E-state index contributed by atoms with van der Waals surface area (Å²) in [7, 11) is 0. The van der Waals surface area contributed by atoms with Crippen LogP contribution in [0.15, 0.2) is 0 Å². The van der Waals surface area contributed by atoms with Gasteiger partial charge in [-0.2, -0.15) is 0 Å². The van der Waals surface area contributed by atoms with Crippen LogP contribution < -0.4 is 0 Å². The van der Waals surface area contributed by atoms with Crippen LogP contribution in [0.1, 0.15) is 6.42 Å². The molecule has 0 aromatic heterocycles. The third-order valence-electron chi connectivity index (χ3n) is 2.26. The maximum absolute atomic E-state index is 11.1. The number of carbonyl (C=O) groups is 1. The zero-order valence-corrected chi connectivity index (χ0v) is 5.88. The Kier molecular flexibility index (Phi) is 1.47. The van der Waals surface area contributed by atoms with Crippen LogP contribution in [0.25, 0.3) is 0 Å². The fourth-order valence-corrected chi connectivity index (χ4v) is 1.62. The topological polar surface area (TPSA) is 29.5 Å². The summed E-state index contributed by atoms with van der Waals surface area (Å²) in [6, 6.07) is 0.105. The Morgan fingerprint density at radius 3 is 3.20 bits per heavy atom. The Labute approximate surface area is 60.0 Å². The molecule has 2 saturated heterocycles. The van der Waals surface area contributed by atoms with E-state index in [4.69, 9.17) is 4.74 Å². The molecule has 0 aliphatic carbocycles. The van der Waals surface area contributed by atoms with Gasteiger partial charge in [-0.25, -0.2) is 0 Å². The summed E-state index contributed by atoms with van der Waals surface area (Å²) in [6.07, 6.45) is 0.730. The predicted octanol–water partition coefficient (Wildman–Crippen LogP) is -0.340. The largest absolute Gasteiger partial charge is 0.378 e. The Hall–Kier alpha value is -0.410. The maximum atomic E-state index is 11.1. The molecule has 0 amide bonds. The van der Waals surface area contributed by atoms with E-state index < -0.39 is 0 Å². The molecule has 10 heavy (non-hydrogen) atoms. The highest BCUT2D eigenvalue weighted by Gasteiger charge is 2.34. The number of ketones is 1. The van der Waals surface area contributed by atoms with Crippen molar-refractivity contribution in [3.63, 3.8) is 0 Å². The molecular weight excluding hydrogens is 130 g/mol. The van der Waals surface area contributed by atoms with Crippen molar-refractivity contribution in [1.29, 1.82) is 0 Å². The second kappa shape index (κ2) is 2.32. The summed E-state index contributed by atoms with van der Waals surface area (Å²) in [6.45, 7) is 3.31. The molecule has 2 fully saturated rings. The van der Waals surface area contributed by atoms with Gasteiger partial charge in [-0.15, -0.1) is 0 Å². The Balaban J connectivity index is 2.08. The highest BCUT2D eigenvalue weighted by molar-refractivity contribution is 5.86. The van der Waals surface area contributed by atoms with Gasteiger partial charge in [-0.05, 0) is 0 Å². The molecule has 2 aliphatic rings. The minimum atomic E-state index is 0.105. The minimum Gasteiger partial charge on any atom is -0.378 e. The van der Waals surface area contributed by atoms with Crippen molar-refractivity contribution < 1.29 is 9.53 Å². The highest BCUT2D eigenvalue weighted by atomic mass is 16.5. The number of Topliss-reactive ketones (excluding diaryl/α,β-unsaturated/α-hetero) is 1. The molecule has 0 radical (unpaired) electrons. The van der Waals surface area contributed by atoms with Crippen molar-refractivity contribution in [1.82, 2.24) is 4.90 Å². The Morgan fingerprint density at radius 1 is 1.50 bits per heavy atom. The van der Waals surface area contributed by atoms with E-state index in [-0.39, 0.29) is 6.04 Å². The maximum Gasteiger partial charge on any atom is 0.153 e. The number of rotatable bonds is 0. The van der Waals surface area contributed by atoms with Gasteiger partial charge in [0.05, 0.1) is 19.3 Å². The number of ether oxygens (including phenoxy) is 1. The highest BCUT2D eigenvalue weighted by Crippen LogP contribution is 2.16. The van der Waals surface area contributed by atoms with Gasteiger partial charge in [-0.1, -0.05) is 0 Å². The summed E-state index contributed by atoms with van der Waals surface area (Å²) in [5.41, 5.74) is 0. The fraction of sp³-hybridized carbons (Fsp3) is 0.857. The number of hydrogen-bond donors (Lipinski definition) is 0. The Bertz CT molecular complexity index is 158. The SMILES string of the molecule is O=C1CCN2CCOCC12. The first kappa shape index (κ1) is 6.31. The van der Waals surface area contributed by atoms with Crippen molar-refractivity contribution in [2.24, 2.45) is 0 Å². The van der Waals surface area contributed by atoms with Crippen LogP contribution in [0.3, 0.4) is 0 Å². The van der Waals surface area contributed by atoms with E-state index in [0.717, 1.165) is 26.1 Å². The van der Waals surface area contributed by atoms with Crippen molar-refractivity contribution in [3.05, 3.63) is 0 Å². The molecule has 2 rings (SSSR count). The lowest BCUT2D eigenvalue weighted by Gasteiger charge is -2.27. The number of morpholine rings is 1. The van der Waals surface area contributed by atoms with Gasteiger partial charge in [0.15, 0.2) is 5.78 Å². The van der Waals surface area contributed by atoms with Crippen LogP contribution in [0.2, 0.25) is 0 Å². The monoisotopic (exact) mass is 141 g/mol. The van der Waals surface area contributed by atoms with Crippen LogP contribution in [0.5, 0.6) is 0 Å². The van der Waals surface area contributed by atoms with Gasteiger partial charge in [0.25, 0.3) is 0 Å². The van der Waals surface area contributed by atoms with E-state index in [1.165, 1.54) is 0 Å². The molecule has 2 heterocycles. The second-order valence-electron chi connectivity index (χ2n) is 2.84. The van der Waals surface area contributed by atoms with Crippen LogP contribution >= 0.6 is 0 Å². The van der Waals surface area contributed by atoms with Crippen molar-refractivity contribution in [2.45, 2.75) is 12.5 Å². The van der Waals surface area contributed by atoms with Gasteiger partial charge in [-0.3, -0.25) is 9.69 Å². The van der Waals surface area contributed by atoms with E-state index in [2.05, 4.69) is 4.90 Å². The quantitative estimate of drug-likeness (QED) is 0.462. The molecule has 0 aromatic rings. The molecule has 3 nitrogen and oxygen atoms in total. The molecule has 0 aromatic carbocycles. The number of hydrogen-bond acceptors (Lipinski definition) is 3. The third kappa shape index (κ3) is 0.859. The smallest absolute Gasteiger partial charge is 0.153 e. The predicted molar refractivity (Wildman–Crippen MR) is 35.8 cm³/mol. The number of nitrogens with zero attached hydrogens (tertiary/aromatic N) is 1. The van der Waals surface area contributed by atoms with Crippen LogP contribution in [-0.4, -0.2) is 43.0 Å². The van der Waals surface area contributed by atoms with Crippen molar-refractivity contribution in [3.8, 4) is 0 Å². The first-order valence-electron chi connectivity index (χ1n) is 3.72. The van der Waals surface area contributed by atoms with Crippen LogP contribution in [0.4, 0.5) is 0 Å². The minimum absolute atomic E-state index is 0.105. The third-order valence-corrected chi connectivity index (χ3v) is 2.26. The van der Waals surface area contributed by atoms with Crippen LogP contribution in [-0.2, 0) is 9.53 Å².